The maximum absolute atomic E-state index is 4.40. The summed E-state index contributed by atoms with van der Waals surface area (Å²) in [5.41, 5.74) is 1.34. The third-order valence-corrected chi connectivity index (χ3v) is 4.43. The van der Waals surface area contributed by atoms with Gasteiger partial charge in [0.15, 0.2) is 0 Å². The highest BCUT2D eigenvalue weighted by Crippen LogP contribution is 2.24. The van der Waals surface area contributed by atoms with E-state index in [-0.39, 0.29) is 0 Å². The fraction of sp³-hybridized carbons (Fsp3) is 0.235. The Morgan fingerprint density at radius 1 is 1.15 bits per heavy atom. The van der Waals surface area contributed by atoms with Gasteiger partial charge in [0.05, 0.1) is 0 Å². The molecule has 1 heterocycles. The van der Waals surface area contributed by atoms with Crippen LogP contribution in [0.4, 0.5) is 0 Å². The van der Waals surface area contributed by atoms with Crippen molar-refractivity contribution in [3.8, 4) is 0 Å². The van der Waals surface area contributed by atoms with Gasteiger partial charge < -0.3 is 5.32 Å². The monoisotopic (exact) mass is 282 g/mol. The summed E-state index contributed by atoms with van der Waals surface area (Å²) in [7, 11) is 0. The van der Waals surface area contributed by atoms with Gasteiger partial charge in [-0.1, -0.05) is 42.5 Å². The van der Waals surface area contributed by atoms with E-state index < -0.39 is 0 Å². The van der Waals surface area contributed by atoms with Crippen molar-refractivity contribution in [3.05, 3.63) is 64.1 Å². The van der Waals surface area contributed by atoms with E-state index in [0.717, 1.165) is 11.6 Å². The molecule has 2 aromatic carbocycles. The lowest BCUT2D eigenvalue weighted by molar-refractivity contribution is 0.576. The summed E-state index contributed by atoms with van der Waals surface area (Å²) >= 11 is 1.75. The fourth-order valence-electron chi connectivity index (χ4n) is 2.46. The maximum Gasteiger partial charge on any atom is 0.107 e. The Balaban J connectivity index is 1.80. The van der Waals surface area contributed by atoms with E-state index >= 15 is 0 Å². The summed E-state index contributed by atoms with van der Waals surface area (Å²) in [6.45, 7) is 5.13. The molecule has 1 atom stereocenters. The lowest BCUT2D eigenvalue weighted by Crippen LogP contribution is -2.18. The predicted octanol–water partition coefficient (Wildman–Crippen LogP) is 4.46. The van der Waals surface area contributed by atoms with Crippen LogP contribution in [0, 0.1) is 6.92 Å². The first-order valence-corrected chi connectivity index (χ1v) is 7.68. The summed E-state index contributed by atoms with van der Waals surface area (Å²) in [5, 5.41) is 7.34. The Kier molecular flexibility index (Phi) is 3.81. The Bertz CT molecular complexity index is 712. The summed E-state index contributed by atoms with van der Waals surface area (Å²) in [6.07, 6.45) is 1.93. The fourth-order valence-corrected chi connectivity index (χ4v) is 3.20. The lowest BCUT2D eigenvalue weighted by Gasteiger charge is -2.15. The molecule has 20 heavy (non-hydrogen) atoms. The van der Waals surface area contributed by atoms with Crippen molar-refractivity contribution in [3.63, 3.8) is 0 Å². The maximum atomic E-state index is 4.40. The van der Waals surface area contributed by atoms with Crippen LogP contribution in [0.25, 0.3) is 10.8 Å². The van der Waals surface area contributed by atoms with Gasteiger partial charge >= 0.3 is 0 Å². The van der Waals surface area contributed by atoms with Gasteiger partial charge in [-0.05, 0) is 30.2 Å². The van der Waals surface area contributed by atoms with E-state index in [0.29, 0.717) is 6.04 Å². The van der Waals surface area contributed by atoms with E-state index in [9.17, 15) is 0 Å². The number of rotatable bonds is 4. The zero-order valence-electron chi connectivity index (χ0n) is 11.8. The van der Waals surface area contributed by atoms with Crippen molar-refractivity contribution in [1.82, 2.24) is 10.3 Å². The molecule has 0 aliphatic carbocycles. The first kappa shape index (κ1) is 13.3. The average Bonchev–Trinajstić information content (AvgIpc) is 2.90. The van der Waals surface area contributed by atoms with Crippen LogP contribution >= 0.6 is 11.3 Å². The first-order valence-electron chi connectivity index (χ1n) is 6.86. The molecule has 3 rings (SSSR count). The average molecular weight is 282 g/mol. The van der Waals surface area contributed by atoms with Gasteiger partial charge in [0.25, 0.3) is 0 Å². The molecule has 102 valence electrons. The number of benzene rings is 2. The van der Waals surface area contributed by atoms with Crippen LogP contribution in [0.15, 0.2) is 48.7 Å². The van der Waals surface area contributed by atoms with Crippen molar-refractivity contribution in [1.29, 1.82) is 0 Å². The van der Waals surface area contributed by atoms with Gasteiger partial charge in [0.1, 0.15) is 5.01 Å². The molecule has 3 aromatic rings. The molecule has 0 spiro atoms. The minimum absolute atomic E-state index is 0.310. The van der Waals surface area contributed by atoms with E-state index in [1.165, 1.54) is 21.2 Å². The minimum atomic E-state index is 0.310. The molecule has 0 fully saturated rings. The number of thiazole rings is 1. The standard InChI is InChI=1S/C17H18N2S/c1-12-10-19-17(20-12)11-18-13(2)15-9-5-7-14-6-3-4-8-16(14)15/h3-10,13,18H,11H2,1-2H3. The zero-order valence-corrected chi connectivity index (χ0v) is 12.6. The van der Waals surface area contributed by atoms with Crippen LogP contribution < -0.4 is 5.32 Å². The Hall–Kier alpha value is -1.71. The third kappa shape index (κ3) is 2.74. The Morgan fingerprint density at radius 2 is 1.95 bits per heavy atom. The zero-order chi connectivity index (χ0) is 13.9. The molecule has 0 radical (unpaired) electrons. The largest absolute Gasteiger partial charge is 0.304 e. The van der Waals surface area contributed by atoms with Crippen molar-refractivity contribution in [2.75, 3.05) is 0 Å². The number of nitrogens with zero attached hydrogens (tertiary/aromatic N) is 1. The van der Waals surface area contributed by atoms with Gasteiger partial charge in [-0.2, -0.15) is 0 Å². The molecule has 1 unspecified atom stereocenters. The van der Waals surface area contributed by atoms with Crippen molar-refractivity contribution < 1.29 is 0 Å². The molecule has 0 saturated heterocycles. The van der Waals surface area contributed by atoms with Gasteiger partial charge in [-0.15, -0.1) is 11.3 Å². The first-order chi connectivity index (χ1) is 9.74. The van der Waals surface area contributed by atoms with Crippen molar-refractivity contribution >= 4 is 22.1 Å². The highest BCUT2D eigenvalue weighted by molar-refractivity contribution is 7.11. The van der Waals surface area contributed by atoms with Crippen molar-refractivity contribution in [2.24, 2.45) is 0 Å². The Labute approximate surface area is 123 Å². The number of aromatic nitrogens is 1. The molecule has 1 aromatic heterocycles. The second kappa shape index (κ2) is 5.73. The summed E-state index contributed by atoms with van der Waals surface area (Å²) < 4.78 is 0. The SMILES string of the molecule is Cc1cnc(CNC(C)c2cccc3ccccc23)s1. The highest BCUT2D eigenvalue weighted by atomic mass is 32.1. The number of nitrogens with one attached hydrogen (secondary N) is 1. The molecule has 0 aliphatic rings. The summed E-state index contributed by atoms with van der Waals surface area (Å²) in [5.74, 6) is 0. The molecule has 1 N–H and O–H groups in total. The predicted molar refractivity (Wildman–Crippen MR) is 86.1 cm³/mol. The minimum Gasteiger partial charge on any atom is -0.304 e. The Morgan fingerprint density at radius 3 is 2.75 bits per heavy atom. The van der Waals surface area contributed by atoms with Crippen LogP contribution in [0.1, 0.15) is 28.4 Å². The molecular weight excluding hydrogens is 264 g/mol. The number of aryl methyl sites for hydroxylation is 1. The summed E-state index contributed by atoms with van der Waals surface area (Å²) in [6, 6.07) is 15.3. The van der Waals surface area contributed by atoms with Crippen molar-refractivity contribution in [2.45, 2.75) is 26.4 Å². The number of hydrogen-bond acceptors (Lipinski definition) is 3. The topological polar surface area (TPSA) is 24.9 Å². The van der Waals surface area contributed by atoms with E-state index in [1.807, 2.05) is 6.20 Å². The van der Waals surface area contributed by atoms with E-state index in [2.05, 4.69) is 66.6 Å². The van der Waals surface area contributed by atoms with Crippen LogP contribution in [0.3, 0.4) is 0 Å². The van der Waals surface area contributed by atoms with Crippen LogP contribution in [-0.4, -0.2) is 4.98 Å². The van der Waals surface area contributed by atoms with Gasteiger partial charge in [-0.3, -0.25) is 0 Å². The molecule has 3 heteroatoms. The van der Waals surface area contributed by atoms with Gasteiger partial charge in [0, 0.05) is 23.7 Å². The molecule has 0 aliphatic heterocycles. The van der Waals surface area contributed by atoms with Gasteiger partial charge in [0.2, 0.25) is 0 Å². The quantitative estimate of drug-likeness (QED) is 0.764. The normalized spacial score (nSPS) is 12.7. The van der Waals surface area contributed by atoms with E-state index in [4.69, 9.17) is 0 Å². The van der Waals surface area contributed by atoms with Crippen LogP contribution in [0.2, 0.25) is 0 Å². The second-order valence-electron chi connectivity index (χ2n) is 5.04. The highest BCUT2D eigenvalue weighted by Gasteiger charge is 2.09. The number of fused-ring (bicyclic) bond motifs is 1. The van der Waals surface area contributed by atoms with Crippen LogP contribution in [-0.2, 0) is 6.54 Å². The molecule has 0 saturated carbocycles. The van der Waals surface area contributed by atoms with Gasteiger partial charge in [-0.25, -0.2) is 4.98 Å². The number of hydrogen-bond donors (Lipinski definition) is 1. The van der Waals surface area contributed by atoms with Crippen LogP contribution in [0.5, 0.6) is 0 Å². The van der Waals surface area contributed by atoms with E-state index in [1.54, 1.807) is 11.3 Å². The molecule has 0 bridgehead atoms. The third-order valence-electron chi connectivity index (χ3n) is 3.52. The molecule has 0 amide bonds. The summed E-state index contributed by atoms with van der Waals surface area (Å²) in [4.78, 5) is 5.66. The lowest BCUT2D eigenvalue weighted by atomic mass is 10.00. The molecular formula is C17H18N2S. The smallest absolute Gasteiger partial charge is 0.107 e. The molecule has 2 nitrogen and oxygen atoms in total. The second-order valence-corrected chi connectivity index (χ2v) is 6.35.